The lowest BCUT2D eigenvalue weighted by atomic mass is 10.1. The number of hydrogen-bond donors (Lipinski definition) is 2. The molecule has 2 atom stereocenters. The van der Waals surface area contributed by atoms with Gasteiger partial charge in [-0.25, -0.2) is 0 Å². The zero-order chi connectivity index (χ0) is 13.7. The summed E-state index contributed by atoms with van der Waals surface area (Å²) >= 11 is 5.68. The first-order valence-corrected chi connectivity index (χ1v) is 7.03. The maximum atomic E-state index is 5.68. The Morgan fingerprint density at radius 3 is 3.11 bits per heavy atom. The second-order valence-electron chi connectivity index (χ2n) is 4.95. The Balaban J connectivity index is 1.88. The highest BCUT2D eigenvalue weighted by molar-refractivity contribution is 6.27. The summed E-state index contributed by atoms with van der Waals surface area (Å²) in [6, 6.07) is 0.402. The van der Waals surface area contributed by atoms with Crippen LogP contribution in [0.5, 0.6) is 0 Å². The zero-order valence-corrected chi connectivity index (χ0v) is 12.0. The van der Waals surface area contributed by atoms with Gasteiger partial charge in [-0.1, -0.05) is 23.8 Å². The Labute approximate surface area is 119 Å². The molecule has 0 amide bonds. The Morgan fingerprint density at radius 2 is 2.47 bits per heavy atom. The first kappa shape index (κ1) is 14.3. The summed E-state index contributed by atoms with van der Waals surface area (Å²) in [6.07, 6.45) is 10.9. The molecular formula is C14H21ClN4. The minimum atomic E-state index is -0.498. The Kier molecular flexibility index (Phi) is 5.19. The fourth-order valence-electron chi connectivity index (χ4n) is 2.36. The largest absolute Gasteiger partial charge is 0.383 e. The van der Waals surface area contributed by atoms with Crippen molar-refractivity contribution in [2.45, 2.75) is 24.9 Å². The molecule has 2 aliphatic heterocycles. The molecule has 0 spiro atoms. The highest BCUT2D eigenvalue weighted by atomic mass is 35.5. The molecule has 0 bridgehead atoms. The van der Waals surface area contributed by atoms with Gasteiger partial charge in [-0.2, -0.15) is 0 Å². The average molecular weight is 281 g/mol. The number of aliphatic imine (C=N–C) groups is 1. The molecule has 4 nitrogen and oxygen atoms in total. The Morgan fingerprint density at radius 1 is 1.63 bits per heavy atom. The van der Waals surface area contributed by atoms with Crippen LogP contribution in [0, 0.1) is 0 Å². The molecule has 2 aliphatic rings. The number of dihydropyridines is 1. The number of alkyl halides is 1. The van der Waals surface area contributed by atoms with E-state index in [1.54, 1.807) is 6.21 Å². The monoisotopic (exact) mass is 280 g/mol. The molecule has 2 heterocycles. The van der Waals surface area contributed by atoms with E-state index in [4.69, 9.17) is 17.3 Å². The van der Waals surface area contributed by atoms with Crippen molar-refractivity contribution in [3.63, 3.8) is 0 Å². The van der Waals surface area contributed by atoms with Gasteiger partial charge in [0.1, 0.15) is 5.50 Å². The average Bonchev–Trinajstić information content (AvgIpc) is 2.39. The third-order valence-electron chi connectivity index (χ3n) is 3.31. The van der Waals surface area contributed by atoms with Crippen molar-refractivity contribution in [1.29, 1.82) is 0 Å². The highest BCUT2D eigenvalue weighted by Crippen LogP contribution is 2.19. The normalized spacial score (nSPS) is 25.9. The summed E-state index contributed by atoms with van der Waals surface area (Å²) in [4.78, 5) is 6.82. The fraction of sp³-hybridized carbons (Fsp3) is 0.500. The van der Waals surface area contributed by atoms with Gasteiger partial charge in [-0.3, -0.25) is 9.89 Å². The summed E-state index contributed by atoms with van der Waals surface area (Å²) in [5.41, 5.74) is 7.39. The van der Waals surface area contributed by atoms with Crippen LogP contribution in [-0.4, -0.2) is 42.3 Å². The number of rotatable bonds is 4. The van der Waals surface area contributed by atoms with Crippen LogP contribution >= 0.6 is 11.6 Å². The smallest absolute Gasteiger partial charge is 0.116 e. The molecule has 0 fully saturated rings. The standard InChI is InChI=1S/C14H21ClN4/c1-11-9-19(10-12-4-2-3-6-17-12)7-5-13(11)18-8-14(15)16/h2-4,6,8,12,14,17H,5,7,9-10,16H2,1H3. The Hall–Kier alpha value is -1.10. The van der Waals surface area contributed by atoms with E-state index in [1.807, 2.05) is 12.3 Å². The van der Waals surface area contributed by atoms with Crippen molar-refractivity contribution in [3.05, 3.63) is 35.7 Å². The topological polar surface area (TPSA) is 53.6 Å². The molecule has 0 aromatic rings. The van der Waals surface area contributed by atoms with Gasteiger partial charge in [0.2, 0.25) is 0 Å². The van der Waals surface area contributed by atoms with Crippen LogP contribution in [0.3, 0.4) is 0 Å². The number of nitrogens with zero attached hydrogens (tertiary/aromatic N) is 2. The van der Waals surface area contributed by atoms with Gasteiger partial charge in [-0.15, -0.1) is 0 Å². The predicted octanol–water partition coefficient (Wildman–Crippen LogP) is 1.60. The molecule has 19 heavy (non-hydrogen) atoms. The van der Waals surface area contributed by atoms with Crippen molar-refractivity contribution in [1.82, 2.24) is 10.2 Å². The van der Waals surface area contributed by atoms with E-state index in [1.165, 1.54) is 5.57 Å². The van der Waals surface area contributed by atoms with Crippen molar-refractivity contribution in [3.8, 4) is 0 Å². The lowest BCUT2D eigenvalue weighted by Gasteiger charge is -2.31. The molecule has 0 saturated heterocycles. The maximum absolute atomic E-state index is 5.68. The van der Waals surface area contributed by atoms with Crippen molar-refractivity contribution in [2.24, 2.45) is 10.7 Å². The SMILES string of the molecule is CC1=C(N=CC(N)Cl)CCN(CC2C=CC=CN2)C1. The zero-order valence-electron chi connectivity index (χ0n) is 11.2. The van der Waals surface area contributed by atoms with Crippen LogP contribution in [0.2, 0.25) is 0 Å². The molecule has 104 valence electrons. The van der Waals surface area contributed by atoms with E-state index in [-0.39, 0.29) is 0 Å². The van der Waals surface area contributed by atoms with Crippen LogP contribution in [-0.2, 0) is 0 Å². The number of nitrogens with one attached hydrogen (secondary N) is 1. The van der Waals surface area contributed by atoms with Crippen LogP contribution in [0.1, 0.15) is 13.3 Å². The molecule has 0 aliphatic carbocycles. The van der Waals surface area contributed by atoms with Gasteiger partial charge in [0.25, 0.3) is 0 Å². The number of nitrogens with two attached hydrogens (primary N) is 1. The van der Waals surface area contributed by atoms with E-state index >= 15 is 0 Å². The van der Waals surface area contributed by atoms with Crippen molar-refractivity contribution >= 4 is 17.8 Å². The Bertz CT molecular complexity index is 423. The lowest BCUT2D eigenvalue weighted by molar-refractivity contribution is 0.270. The van der Waals surface area contributed by atoms with Gasteiger partial charge in [0.05, 0.1) is 6.04 Å². The summed E-state index contributed by atoms with van der Waals surface area (Å²) in [7, 11) is 0. The molecule has 2 unspecified atom stereocenters. The first-order valence-electron chi connectivity index (χ1n) is 6.59. The summed E-state index contributed by atoms with van der Waals surface area (Å²) < 4.78 is 0. The molecule has 0 radical (unpaired) electrons. The van der Waals surface area contributed by atoms with Crippen LogP contribution in [0.25, 0.3) is 0 Å². The van der Waals surface area contributed by atoms with Crippen LogP contribution in [0.15, 0.2) is 40.7 Å². The van der Waals surface area contributed by atoms with Gasteiger partial charge in [0.15, 0.2) is 0 Å². The van der Waals surface area contributed by atoms with Crippen LogP contribution < -0.4 is 11.1 Å². The third-order valence-corrected chi connectivity index (χ3v) is 3.42. The van der Waals surface area contributed by atoms with Crippen LogP contribution in [0.4, 0.5) is 0 Å². The first-order chi connectivity index (χ1) is 9.15. The maximum Gasteiger partial charge on any atom is 0.116 e. The molecular weight excluding hydrogens is 260 g/mol. The quantitative estimate of drug-likeness (QED) is 0.467. The van der Waals surface area contributed by atoms with Gasteiger partial charge < -0.3 is 11.1 Å². The lowest BCUT2D eigenvalue weighted by Crippen LogP contribution is -2.41. The molecule has 0 aromatic carbocycles. The minimum absolute atomic E-state index is 0.402. The number of hydrogen-bond acceptors (Lipinski definition) is 4. The minimum Gasteiger partial charge on any atom is -0.383 e. The van der Waals surface area contributed by atoms with E-state index in [0.717, 1.165) is 31.8 Å². The fourth-order valence-corrected chi connectivity index (χ4v) is 2.41. The molecule has 3 N–H and O–H groups in total. The van der Waals surface area contributed by atoms with Gasteiger partial charge in [0, 0.05) is 38.0 Å². The van der Waals surface area contributed by atoms with Crippen molar-refractivity contribution < 1.29 is 0 Å². The summed E-state index contributed by atoms with van der Waals surface area (Å²) in [5, 5.41) is 3.34. The van der Waals surface area contributed by atoms with Gasteiger partial charge in [-0.05, 0) is 24.8 Å². The molecule has 0 saturated carbocycles. The molecule has 0 aromatic heterocycles. The number of allylic oxidation sites excluding steroid dienone is 2. The summed E-state index contributed by atoms with van der Waals surface area (Å²) in [6.45, 7) is 5.13. The van der Waals surface area contributed by atoms with E-state index in [2.05, 4.69) is 34.3 Å². The highest BCUT2D eigenvalue weighted by Gasteiger charge is 2.18. The third kappa shape index (κ3) is 4.49. The predicted molar refractivity (Wildman–Crippen MR) is 81.3 cm³/mol. The van der Waals surface area contributed by atoms with E-state index < -0.39 is 5.50 Å². The summed E-state index contributed by atoms with van der Waals surface area (Å²) in [5.74, 6) is 0. The molecule has 2 rings (SSSR count). The second-order valence-corrected chi connectivity index (χ2v) is 5.46. The van der Waals surface area contributed by atoms with Crippen molar-refractivity contribution in [2.75, 3.05) is 19.6 Å². The van der Waals surface area contributed by atoms with E-state index in [9.17, 15) is 0 Å². The number of halogens is 1. The van der Waals surface area contributed by atoms with Gasteiger partial charge >= 0.3 is 0 Å². The second kappa shape index (κ2) is 6.89. The molecule has 5 heteroatoms. The van der Waals surface area contributed by atoms with E-state index in [0.29, 0.717) is 6.04 Å².